The third-order valence-electron chi connectivity index (χ3n) is 4.81. The van der Waals surface area contributed by atoms with E-state index in [2.05, 4.69) is 44.9 Å². The number of nitrogens with one attached hydrogen (secondary N) is 3. The third kappa shape index (κ3) is 8.20. The second kappa shape index (κ2) is 13.8. The van der Waals surface area contributed by atoms with E-state index in [1.807, 2.05) is 106 Å². The highest BCUT2D eigenvalue weighted by atomic mass is 15.0. The minimum Gasteiger partial charge on any atom is -0.341 e. The summed E-state index contributed by atoms with van der Waals surface area (Å²) in [5.41, 5.74) is 8.95. The average Bonchev–Trinajstić information content (AvgIpc) is 3.55. The molecule has 0 fully saturated rings. The second-order valence-electron chi connectivity index (χ2n) is 8.08. The molecule has 0 bridgehead atoms. The van der Waals surface area contributed by atoms with Gasteiger partial charge in [-0.1, -0.05) is 27.7 Å². The first-order valence-corrected chi connectivity index (χ1v) is 12.6. The van der Waals surface area contributed by atoms with Gasteiger partial charge in [-0.05, 0) is 70.9 Å². The molecular formula is C28H39N9. The van der Waals surface area contributed by atoms with Crippen LogP contribution in [-0.4, -0.2) is 44.9 Å². The maximum absolute atomic E-state index is 4.28. The Bertz CT molecular complexity index is 1350. The minimum atomic E-state index is 0.799. The fraction of sp³-hybridized carbons (Fsp3) is 0.357. The van der Waals surface area contributed by atoms with Crippen LogP contribution in [0.1, 0.15) is 62.0 Å². The van der Waals surface area contributed by atoms with Crippen molar-refractivity contribution < 1.29 is 0 Å². The van der Waals surface area contributed by atoms with Gasteiger partial charge in [-0.3, -0.25) is 4.98 Å². The van der Waals surface area contributed by atoms with E-state index >= 15 is 0 Å². The lowest BCUT2D eigenvalue weighted by Crippen LogP contribution is -1.78. The SMILES string of the molecule is CC.CC.Cc1cc2nc(C)[nH]c2cn1.Cc1cnc2nc(C)[nH]c2c1.Cc1cnc2nc(C)[nH]c2c1. The van der Waals surface area contributed by atoms with Crippen molar-refractivity contribution in [1.29, 1.82) is 0 Å². The number of aromatic amines is 3. The first-order chi connectivity index (χ1) is 17.8. The molecule has 0 aliphatic carbocycles. The second-order valence-corrected chi connectivity index (χ2v) is 8.08. The van der Waals surface area contributed by atoms with Crippen molar-refractivity contribution in [3.8, 4) is 0 Å². The van der Waals surface area contributed by atoms with Gasteiger partial charge < -0.3 is 15.0 Å². The standard InChI is InChI=1S/3C8H9N3.2C2H6/c1-5-3-7-8(4-9-5)11-6(2)10-7;2*1-5-3-7-8(9-4-5)11-6(2)10-7;2*1-2/h3-4H,1-2H3,(H,10,11);2*3-4H,1-2H3,(H,9,10,11);2*1-2H3. The summed E-state index contributed by atoms with van der Waals surface area (Å²) in [7, 11) is 0. The lowest BCUT2D eigenvalue weighted by molar-refractivity contribution is 1.16. The van der Waals surface area contributed by atoms with Gasteiger partial charge in [-0.25, -0.2) is 24.9 Å². The van der Waals surface area contributed by atoms with Gasteiger partial charge in [0.15, 0.2) is 11.3 Å². The molecule has 9 nitrogen and oxygen atoms in total. The minimum absolute atomic E-state index is 0.799. The molecule has 0 atom stereocenters. The molecule has 196 valence electrons. The molecule has 0 radical (unpaired) electrons. The largest absolute Gasteiger partial charge is 0.341 e. The van der Waals surface area contributed by atoms with Crippen LogP contribution in [0, 0.1) is 41.5 Å². The highest BCUT2D eigenvalue weighted by Crippen LogP contribution is 2.11. The van der Waals surface area contributed by atoms with Crippen LogP contribution in [-0.2, 0) is 0 Å². The number of aromatic nitrogens is 9. The molecule has 0 unspecified atom stereocenters. The molecule has 0 aliphatic heterocycles. The highest BCUT2D eigenvalue weighted by Gasteiger charge is 2.00. The average molecular weight is 502 g/mol. The summed E-state index contributed by atoms with van der Waals surface area (Å²) in [6, 6.07) is 6.06. The Morgan fingerprint density at radius 2 is 0.919 bits per heavy atom. The Balaban J connectivity index is 0.000000183. The van der Waals surface area contributed by atoms with Crippen molar-refractivity contribution >= 4 is 33.4 Å². The van der Waals surface area contributed by atoms with Crippen LogP contribution in [0.5, 0.6) is 0 Å². The molecule has 9 heteroatoms. The quantitative estimate of drug-likeness (QED) is 0.211. The lowest BCUT2D eigenvalue weighted by Gasteiger charge is -1.88. The number of fused-ring (bicyclic) bond motifs is 3. The van der Waals surface area contributed by atoms with Crippen LogP contribution in [0.25, 0.3) is 33.4 Å². The number of nitrogens with zero attached hydrogens (tertiary/aromatic N) is 6. The molecule has 0 aliphatic rings. The summed E-state index contributed by atoms with van der Waals surface area (Å²) in [6.45, 7) is 19.8. The first kappa shape index (κ1) is 29.1. The van der Waals surface area contributed by atoms with Crippen LogP contribution in [0.4, 0.5) is 0 Å². The predicted molar refractivity (Wildman–Crippen MR) is 153 cm³/mol. The molecule has 0 saturated carbocycles. The van der Waals surface area contributed by atoms with Crippen molar-refractivity contribution in [1.82, 2.24) is 44.9 Å². The van der Waals surface area contributed by atoms with E-state index in [9.17, 15) is 0 Å². The van der Waals surface area contributed by atoms with E-state index in [1.165, 1.54) is 0 Å². The number of hydrogen-bond acceptors (Lipinski definition) is 6. The van der Waals surface area contributed by atoms with E-state index in [1.54, 1.807) is 0 Å². The van der Waals surface area contributed by atoms with Crippen molar-refractivity contribution in [2.75, 3.05) is 0 Å². The van der Waals surface area contributed by atoms with Crippen LogP contribution >= 0.6 is 0 Å². The van der Waals surface area contributed by atoms with Gasteiger partial charge in [0.2, 0.25) is 0 Å². The summed E-state index contributed by atoms with van der Waals surface area (Å²) in [4.78, 5) is 34.5. The van der Waals surface area contributed by atoms with Gasteiger partial charge in [-0.2, -0.15) is 0 Å². The van der Waals surface area contributed by atoms with Gasteiger partial charge in [0, 0.05) is 18.1 Å². The Morgan fingerprint density at radius 3 is 1.41 bits per heavy atom. The van der Waals surface area contributed by atoms with Crippen LogP contribution < -0.4 is 0 Å². The van der Waals surface area contributed by atoms with E-state index in [4.69, 9.17) is 0 Å². The van der Waals surface area contributed by atoms with Gasteiger partial charge >= 0.3 is 0 Å². The molecular weight excluding hydrogens is 462 g/mol. The van der Waals surface area contributed by atoms with E-state index in [0.29, 0.717) is 0 Å². The fourth-order valence-corrected chi connectivity index (χ4v) is 3.39. The fourth-order valence-electron chi connectivity index (χ4n) is 3.39. The molecule has 6 heterocycles. The molecule has 3 N–H and O–H groups in total. The Morgan fingerprint density at radius 1 is 0.486 bits per heavy atom. The Labute approximate surface area is 218 Å². The molecule has 6 aromatic heterocycles. The van der Waals surface area contributed by atoms with Gasteiger partial charge in [0.05, 0.1) is 28.3 Å². The zero-order chi connectivity index (χ0) is 27.5. The van der Waals surface area contributed by atoms with Crippen molar-refractivity contribution in [3.63, 3.8) is 0 Å². The topological polar surface area (TPSA) is 125 Å². The predicted octanol–water partition coefficient (Wildman–Crippen LogP) is 6.78. The molecule has 37 heavy (non-hydrogen) atoms. The summed E-state index contributed by atoms with van der Waals surface area (Å²) in [5, 5.41) is 0. The van der Waals surface area contributed by atoms with E-state index in [-0.39, 0.29) is 0 Å². The number of pyridine rings is 3. The molecule has 6 aromatic rings. The number of aryl methyl sites for hydroxylation is 6. The number of hydrogen-bond donors (Lipinski definition) is 3. The summed E-state index contributed by atoms with van der Waals surface area (Å²) >= 11 is 0. The molecule has 6 rings (SSSR count). The summed E-state index contributed by atoms with van der Waals surface area (Å²) in [5.74, 6) is 2.77. The molecule has 0 saturated heterocycles. The van der Waals surface area contributed by atoms with Crippen LogP contribution in [0.2, 0.25) is 0 Å². The number of H-pyrrole nitrogens is 3. The van der Waals surface area contributed by atoms with Crippen molar-refractivity contribution in [2.24, 2.45) is 0 Å². The number of imidazole rings is 3. The van der Waals surface area contributed by atoms with Crippen molar-refractivity contribution in [2.45, 2.75) is 69.2 Å². The van der Waals surface area contributed by atoms with E-state index in [0.717, 1.165) is 67.7 Å². The smallest absolute Gasteiger partial charge is 0.177 e. The molecule has 0 spiro atoms. The normalized spacial score (nSPS) is 9.89. The van der Waals surface area contributed by atoms with Crippen molar-refractivity contribution in [3.05, 3.63) is 71.1 Å². The summed E-state index contributed by atoms with van der Waals surface area (Å²) in [6.07, 6.45) is 5.45. The zero-order valence-electron chi connectivity index (χ0n) is 23.6. The maximum atomic E-state index is 4.28. The zero-order valence-corrected chi connectivity index (χ0v) is 23.6. The van der Waals surface area contributed by atoms with Gasteiger partial charge in [-0.15, -0.1) is 0 Å². The Hall–Kier alpha value is -4.14. The summed E-state index contributed by atoms with van der Waals surface area (Å²) < 4.78 is 0. The van der Waals surface area contributed by atoms with E-state index < -0.39 is 0 Å². The van der Waals surface area contributed by atoms with Gasteiger partial charge in [0.25, 0.3) is 0 Å². The first-order valence-electron chi connectivity index (χ1n) is 12.6. The lowest BCUT2D eigenvalue weighted by atomic mass is 10.3. The third-order valence-corrected chi connectivity index (χ3v) is 4.81. The van der Waals surface area contributed by atoms with Crippen LogP contribution in [0.15, 0.2) is 36.8 Å². The highest BCUT2D eigenvalue weighted by molar-refractivity contribution is 5.74. The van der Waals surface area contributed by atoms with Crippen LogP contribution in [0.3, 0.4) is 0 Å². The monoisotopic (exact) mass is 501 g/mol. The Kier molecular flexibility index (Phi) is 10.9. The number of rotatable bonds is 0. The van der Waals surface area contributed by atoms with Gasteiger partial charge in [0.1, 0.15) is 17.5 Å². The molecule has 0 amide bonds. The maximum Gasteiger partial charge on any atom is 0.177 e. The molecule has 0 aromatic carbocycles.